The molecule has 0 aliphatic carbocycles. The highest BCUT2D eigenvalue weighted by molar-refractivity contribution is 8.04. The lowest BCUT2D eigenvalue weighted by molar-refractivity contribution is -0.125. The minimum absolute atomic E-state index is 0.135. The normalized spacial score (nSPS) is 21.9. The van der Waals surface area contributed by atoms with Crippen LogP contribution in [0.1, 0.15) is 24.8 Å². The molecule has 0 aromatic carbocycles. The molecule has 2 aliphatic heterocycles. The first-order valence-electron chi connectivity index (χ1n) is 8.38. The summed E-state index contributed by atoms with van der Waals surface area (Å²) in [6, 6.07) is 2.52. The average molecular weight is 334 g/mol. The molecular weight excluding hydrogens is 308 g/mol. The maximum Gasteiger partial charge on any atom is 0.261 e. The summed E-state index contributed by atoms with van der Waals surface area (Å²) in [7, 11) is 1.92. The molecule has 3 heterocycles. The van der Waals surface area contributed by atoms with Gasteiger partial charge in [0.1, 0.15) is 0 Å². The Bertz CT molecular complexity index is 577. The maximum absolute atomic E-state index is 12.7. The lowest BCUT2D eigenvalue weighted by Gasteiger charge is -2.31. The Balaban J connectivity index is 1.64. The van der Waals surface area contributed by atoms with E-state index in [-0.39, 0.29) is 5.91 Å². The van der Waals surface area contributed by atoms with Crippen LogP contribution in [-0.2, 0) is 4.79 Å². The molecule has 23 heavy (non-hydrogen) atoms. The highest BCUT2D eigenvalue weighted by Crippen LogP contribution is 2.23. The van der Waals surface area contributed by atoms with Crippen LogP contribution in [0.25, 0.3) is 0 Å². The van der Waals surface area contributed by atoms with E-state index < -0.39 is 0 Å². The molecule has 6 heteroatoms. The van der Waals surface area contributed by atoms with Crippen LogP contribution >= 0.6 is 11.8 Å². The first kappa shape index (κ1) is 16.5. The van der Waals surface area contributed by atoms with Gasteiger partial charge in [0.05, 0.1) is 4.91 Å². The summed E-state index contributed by atoms with van der Waals surface area (Å²) in [5, 5.41) is 5.63. The Hall–Kier alpha value is -1.40. The molecule has 1 atom stereocenters. The van der Waals surface area contributed by atoms with Crippen LogP contribution in [0.15, 0.2) is 29.6 Å². The van der Waals surface area contributed by atoms with E-state index in [1.807, 2.05) is 24.3 Å². The first-order chi connectivity index (χ1) is 11.1. The van der Waals surface area contributed by atoms with Crippen molar-refractivity contribution in [2.45, 2.75) is 32.2 Å². The molecule has 0 bridgehead atoms. The van der Waals surface area contributed by atoms with E-state index in [0.29, 0.717) is 6.04 Å². The van der Waals surface area contributed by atoms with Gasteiger partial charge in [-0.25, -0.2) is 0 Å². The van der Waals surface area contributed by atoms with Crippen molar-refractivity contribution in [3.8, 4) is 0 Å². The van der Waals surface area contributed by atoms with Crippen LogP contribution in [0.2, 0.25) is 0 Å². The number of hydrogen-bond acceptors (Lipinski definition) is 4. The summed E-state index contributed by atoms with van der Waals surface area (Å²) in [4.78, 5) is 15.4. The summed E-state index contributed by atoms with van der Waals surface area (Å²) in [5.41, 5.74) is 1.23. The van der Waals surface area contributed by atoms with Gasteiger partial charge >= 0.3 is 0 Å². The number of thioether (sulfide) groups is 1. The Morgan fingerprint density at radius 2 is 2.35 bits per heavy atom. The second-order valence-electron chi connectivity index (χ2n) is 6.41. The maximum atomic E-state index is 12.7. The highest BCUT2D eigenvalue weighted by Gasteiger charge is 2.23. The van der Waals surface area contributed by atoms with Gasteiger partial charge in [-0.05, 0) is 37.9 Å². The molecule has 126 valence electrons. The monoisotopic (exact) mass is 334 g/mol. The van der Waals surface area contributed by atoms with Crippen LogP contribution in [0, 0.1) is 6.92 Å². The van der Waals surface area contributed by atoms with E-state index in [1.165, 1.54) is 24.8 Å². The van der Waals surface area contributed by atoms with Gasteiger partial charge in [-0.1, -0.05) is 6.42 Å². The highest BCUT2D eigenvalue weighted by atomic mass is 32.2. The number of carbonyl (C=O) groups is 1. The topological polar surface area (TPSA) is 40.5 Å². The zero-order valence-electron chi connectivity index (χ0n) is 14.0. The molecule has 0 spiro atoms. The predicted octanol–water partition coefficient (Wildman–Crippen LogP) is 1.92. The van der Waals surface area contributed by atoms with Gasteiger partial charge in [0.25, 0.3) is 5.91 Å². The van der Waals surface area contributed by atoms with Crippen LogP contribution < -0.4 is 10.3 Å². The summed E-state index contributed by atoms with van der Waals surface area (Å²) in [6.45, 7) is 4.86. The number of amides is 1. The smallest absolute Gasteiger partial charge is 0.261 e. The van der Waals surface area contributed by atoms with Crippen molar-refractivity contribution in [2.24, 2.45) is 0 Å². The number of piperidine rings is 1. The number of hydrogen-bond donors (Lipinski definition) is 1. The first-order valence-corrected chi connectivity index (χ1v) is 9.37. The fraction of sp³-hybridized carbons (Fsp3) is 0.588. The number of aromatic nitrogens is 1. The van der Waals surface area contributed by atoms with E-state index in [2.05, 4.69) is 34.2 Å². The van der Waals surface area contributed by atoms with Gasteiger partial charge < -0.3 is 10.2 Å². The molecule has 0 saturated carbocycles. The molecule has 0 unspecified atom stereocenters. The number of nitrogens with one attached hydrogen (secondary N) is 1. The molecule has 1 N–H and O–H groups in total. The number of aryl methyl sites for hydroxylation is 1. The second kappa shape index (κ2) is 7.45. The third-order valence-corrected chi connectivity index (χ3v) is 5.41. The third kappa shape index (κ3) is 4.12. The number of nitrogens with zero attached hydrogens (tertiary/aromatic N) is 3. The molecule has 1 aromatic heterocycles. The Morgan fingerprint density at radius 1 is 1.48 bits per heavy atom. The van der Waals surface area contributed by atoms with Gasteiger partial charge in [-0.3, -0.25) is 14.5 Å². The molecular formula is C17H26N4OS. The zero-order valence-corrected chi connectivity index (χ0v) is 14.8. The van der Waals surface area contributed by atoms with Crippen molar-refractivity contribution in [3.05, 3.63) is 35.1 Å². The molecule has 1 fully saturated rings. The largest absolute Gasteiger partial charge is 0.340 e. The minimum atomic E-state index is 0.135. The lowest BCUT2D eigenvalue weighted by Crippen LogP contribution is -2.45. The van der Waals surface area contributed by atoms with E-state index in [9.17, 15) is 4.79 Å². The van der Waals surface area contributed by atoms with Crippen molar-refractivity contribution in [3.63, 3.8) is 0 Å². The van der Waals surface area contributed by atoms with E-state index in [4.69, 9.17) is 0 Å². The number of carbonyl (C=O) groups excluding carboxylic acids is 1. The standard InChI is InChI=1S/C17H26N4OS/c1-14-6-8-20(11-14)21-9-10-23-16(13-21)17(22)19(2)12-15-5-3-4-7-18-15/h6,8,11,13,15,18H,3-5,7,9-10,12H2,1-2H3/t15-/m1/s1. The number of rotatable bonds is 4. The van der Waals surface area contributed by atoms with E-state index in [1.54, 1.807) is 11.8 Å². The van der Waals surface area contributed by atoms with Gasteiger partial charge in [0, 0.05) is 50.5 Å². The fourth-order valence-electron chi connectivity index (χ4n) is 3.12. The van der Waals surface area contributed by atoms with Gasteiger partial charge in [0.15, 0.2) is 0 Å². The van der Waals surface area contributed by atoms with Crippen molar-refractivity contribution in [2.75, 3.05) is 37.4 Å². The van der Waals surface area contributed by atoms with Crippen LogP contribution in [0.5, 0.6) is 0 Å². The van der Waals surface area contributed by atoms with Crippen molar-refractivity contribution in [1.29, 1.82) is 0 Å². The quantitative estimate of drug-likeness (QED) is 0.913. The second-order valence-corrected chi connectivity index (χ2v) is 7.54. The molecule has 0 radical (unpaired) electrons. The van der Waals surface area contributed by atoms with Crippen molar-refractivity contribution >= 4 is 17.7 Å². The average Bonchev–Trinajstić information content (AvgIpc) is 3.02. The molecule has 1 amide bonds. The van der Waals surface area contributed by atoms with Crippen LogP contribution in [0.4, 0.5) is 0 Å². The summed E-state index contributed by atoms with van der Waals surface area (Å²) < 4.78 is 2.06. The summed E-state index contributed by atoms with van der Waals surface area (Å²) in [6.07, 6.45) is 9.79. The lowest BCUT2D eigenvalue weighted by atomic mass is 10.0. The summed E-state index contributed by atoms with van der Waals surface area (Å²) in [5.74, 6) is 1.07. The molecule has 1 aromatic rings. The van der Waals surface area contributed by atoms with Gasteiger partial charge in [-0.2, -0.15) is 0 Å². The molecule has 1 saturated heterocycles. The SMILES string of the molecule is Cc1ccn(N2C=C(C(=O)N(C)C[C@H]3CCCCN3)SCC2)c1. The van der Waals surface area contributed by atoms with Crippen LogP contribution in [-0.4, -0.2) is 54.0 Å². The van der Waals surface area contributed by atoms with Gasteiger partial charge in [0.2, 0.25) is 0 Å². The van der Waals surface area contributed by atoms with Gasteiger partial charge in [-0.15, -0.1) is 11.8 Å². The fourth-order valence-corrected chi connectivity index (χ4v) is 4.09. The minimum Gasteiger partial charge on any atom is -0.340 e. The zero-order chi connectivity index (χ0) is 16.2. The molecule has 5 nitrogen and oxygen atoms in total. The van der Waals surface area contributed by atoms with Crippen molar-refractivity contribution < 1.29 is 4.79 Å². The van der Waals surface area contributed by atoms with E-state index in [0.717, 1.165) is 30.3 Å². The Kier molecular flexibility index (Phi) is 5.33. The Morgan fingerprint density at radius 3 is 3.04 bits per heavy atom. The molecule has 2 aliphatic rings. The van der Waals surface area contributed by atoms with E-state index >= 15 is 0 Å². The predicted molar refractivity (Wildman–Crippen MR) is 96.1 cm³/mol. The third-order valence-electron chi connectivity index (χ3n) is 4.43. The Labute approximate surface area is 142 Å². The van der Waals surface area contributed by atoms with Crippen LogP contribution in [0.3, 0.4) is 0 Å². The molecule has 3 rings (SSSR count). The van der Waals surface area contributed by atoms with Crippen molar-refractivity contribution in [1.82, 2.24) is 14.9 Å². The summed E-state index contributed by atoms with van der Waals surface area (Å²) >= 11 is 1.66. The number of likely N-dealkylation sites (N-methyl/N-ethyl adjacent to an activating group) is 1.